The minimum absolute atomic E-state index is 0.0807. The van der Waals surface area contributed by atoms with Crippen molar-refractivity contribution in [1.29, 1.82) is 0 Å². The summed E-state index contributed by atoms with van der Waals surface area (Å²) in [6.45, 7) is 3.96. The van der Waals surface area contributed by atoms with Gasteiger partial charge in [0.15, 0.2) is 0 Å². The van der Waals surface area contributed by atoms with Crippen molar-refractivity contribution >= 4 is 45.0 Å². The number of benzene rings is 2. The van der Waals surface area contributed by atoms with Crippen molar-refractivity contribution in [3.63, 3.8) is 0 Å². The van der Waals surface area contributed by atoms with Gasteiger partial charge in [-0.2, -0.15) is 0 Å². The van der Waals surface area contributed by atoms with Gasteiger partial charge in [-0.1, -0.05) is 28.1 Å². The van der Waals surface area contributed by atoms with Crippen LogP contribution in [0.4, 0.5) is 11.4 Å². The molecule has 1 aliphatic heterocycles. The zero-order valence-corrected chi connectivity index (χ0v) is 19.4. The Balaban J connectivity index is 1.23. The number of hydrogen-bond donors (Lipinski definition) is 1. The first-order chi connectivity index (χ1) is 15.4. The first-order valence-electron chi connectivity index (χ1n) is 11.1. The molecule has 32 heavy (non-hydrogen) atoms. The number of allylic oxidation sites excluding steroid dienone is 2. The number of hydrogen-bond acceptors (Lipinski definition) is 3. The highest BCUT2D eigenvalue weighted by atomic mass is 79.9. The maximum Gasteiger partial charge on any atom is 0.255 e. The van der Waals surface area contributed by atoms with E-state index >= 15 is 0 Å². The van der Waals surface area contributed by atoms with Crippen LogP contribution in [0.5, 0.6) is 0 Å². The van der Waals surface area contributed by atoms with Gasteiger partial charge < -0.3 is 5.32 Å². The summed E-state index contributed by atoms with van der Waals surface area (Å²) in [6.07, 6.45) is 5.50. The van der Waals surface area contributed by atoms with E-state index in [1.165, 1.54) is 4.90 Å². The number of imide groups is 1. The summed E-state index contributed by atoms with van der Waals surface area (Å²) in [5, 5.41) is 2.96. The van der Waals surface area contributed by atoms with E-state index in [-0.39, 0.29) is 41.4 Å². The van der Waals surface area contributed by atoms with Crippen molar-refractivity contribution in [3.05, 3.63) is 69.7 Å². The van der Waals surface area contributed by atoms with Crippen LogP contribution in [-0.4, -0.2) is 17.7 Å². The van der Waals surface area contributed by atoms with E-state index in [2.05, 4.69) is 33.4 Å². The van der Waals surface area contributed by atoms with E-state index in [9.17, 15) is 14.4 Å². The van der Waals surface area contributed by atoms with Crippen LogP contribution in [0.2, 0.25) is 0 Å². The molecule has 3 amide bonds. The number of nitrogens with zero attached hydrogens (tertiary/aromatic N) is 1. The number of anilines is 2. The summed E-state index contributed by atoms with van der Waals surface area (Å²) in [4.78, 5) is 40.6. The van der Waals surface area contributed by atoms with Gasteiger partial charge >= 0.3 is 0 Å². The lowest BCUT2D eigenvalue weighted by Crippen LogP contribution is -2.40. The third-order valence-corrected chi connectivity index (χ3v) is 8.88. The molecule has 3 fully saturated rings. The van der Waals surface area contributed by atoms with Crippen LogP contribution < -0.4 is 10.2 Å². The predicted molar refractivity (Wildman–Crippen MR) is 125 cm³/mol. The molecule has 2 aromatic rings. The zero-order chi connectivity index (χ0) is 22.3. The molecule has 6 atom stereocenters. The Morgan fingerprint density at radius 3 is 2.09 bits per heavy atom. The van der Waals surface area contributed by atoms with Crippen LogP contribution >= 0.6 is 15.9 Å². The molecule has 162 valence electrons. The normalized spacial score (nSPS) is 31.5. The summed E-state index contributed by atoms with van der Waals surface area (Å²) in [5.74, 6) is 0.764. The summed E-state index contributed by atoms with van der Waals surface area (Å²) in [5.41, 5.74) is 3.87. The SMILES string of the molecule is Cc1c(Br)ccc(NC(=O)c2ccc(N3C(=O)[C@H]4[C@@H]5C=C[C@@H]([C@H]6C[C@H]56)[C@@H]4C3=O)cc2)c1C. The number of rotatable bonds is 3. The lowest BCUT2D eigenvalue weighted by Gasteiger charge is -2.37. The Labute approximate surface area is 195 Å². The molecule has 0 aromatic heterocycles. The highest BCUT2D eigenvalue weighted by molar-refractivity contribution is 9.10. The molecule has 5 aliphatic rings. The fraction of sp³-hybridized carbons (Fsp3) is 0.346. The number of carbonyl (C=O) groups excluding carboxylic acids is 3. The highest BCUT2D eigenvalue weighted by Gasteiger charge is 2.67. The third-order valence-electron chi connectivity index (χ3n) is 8.02. The zero-order valence-electron chi connectivity index (χ0n) is 17.8. The smallest absolute Gasteiger partial charge is 0.255 e. The minimum Gasteiger partial charge on any atom is -0.322 e. The lowest BCUT2D eigenvalue weighted by atomic mass is 9.63. The maximum atomic E-state index is 13.2. The second-order valence-corrected chi connectivity index (χ2v) is 10.4. The van der Waals surface area contributed by atoms with Crippen LogP contribution in [-0.2, 0) is 9.59 Å². The Bertz CT molecular complexity index is 1180. The maximum absolute atomic E-state index is 13.2. The Kier molecular flexibility index (Phi) is 4.28. The summed E-state index contributed by atoms with van der Waals surface area (Å²) in [6, 6.07) is 10.6. The van der Waals surface area contributed by atoms with E-state index in [0.717, 1.165) is 27.7 Å². The Morgan fingerprint density at radius 2 is 1.50 bits per heavy atom. The summed E-state index contributed by atoms with van der Waals surface area (Å²) >= 11 is 3.50. The Morgan fingerprint density at radius 1 is 0.906 bits per heavy atom. The second-order valence-electron chi connectivity index (χ2n) is 9.51. The predicted octanol–water partition coefficient (Wildman–Crippen LogP) is 4.88. The largest absolute Gasteiger partial charge is 0.322 e. The van der Waals surface area contributed by atoms with Gasteiger partial charge in [-0.25, -0.2) is 0 Å². The van der Waals surface area contributed by atoms with Gasteiger partial charge in [-0.3, -0.25) is 19.3 Å². The van der Waals surface area contributed by atoms with Crippen molar-refractivity contribution in [2.75, 3.05) is 10.2 Å². The van der Waals surface area contributed by atoms with E-state index in [1.807, 2.05) is 26.0 Å². The summed E-state index contributed by atoms with van der Waals surface area (Å²) < 4.78 is 0.999. The van der Waals surface area contributed by atoms with Crippen LogP contribution in [0.25, 0.3) is 0 Å². The van der Waals surface area contributed by atoms with Gasteiger partial charge in [0.1, 0.15) is 0 Å². The number of nitrogens with one attached hydrogen (secondary N) is 1. The van der Waals surface area contributed by atoms with Crippen molar-refractivity contribution in [2.24, 2.45) is 35.5 Å². The fourth-order valence-corrected chi connectivity index (χ4v) is 6.52. The first-order valence-corrected chi connectivity index (χ1v) is 11.9. The van der Waals surface area contributed by atoms with Crippen molar-refractivity contribution in [2.45, 2.75) is 20.3 Å². The van der Waals surface area contributed by atoms with Crippen LogP contribution in [0.1, 0.15) is 27.9 Å². The first kappa shape index (κ1) is 19.9. The van der Waals surface area contributed by atoms with Crippen LogP contribution in [0.15, 0.2) is 53.0 Å². The molecule has 0 unspecified atom stereocenters. The fourth-order valence-electron chi connectivity index (χ4n) is 6.09. The molecule has 4 aliphatic carbocycles. The number of amides is 3. The van der Waals surface area contributed by atoms with Gasteiger partial charge in [0.2, 0.25) is 11.8 Å². The van der Waals surface area contributed by atoms with Crippen molar-refractivity contribution in [1.82, 2.24) is 0 Å². The van der Waals surface area contributed by atoms with Crippen molar-refractivity contribution in [3.8, 4) is 0 Å². The molecule has 2 saturated carbocycles. The molecule has 2 bridgehead atoms. The average Bonchev–Trinajstić information content (AvgIpc) is 3.58. The molecule has 1 N–H and O–H groups in total. The van der Waals surface area contributed by atoms with E-state index in [1.54, 1.807) is 24.3 Å². The van der Waals surface area contributed by atoms with E-state index < -0.39 is 0 Å². The second kappa shape index (κ2) is 6.88. The van der Waals surface area contributed by atoms with Gasteiger partial charge in [0.25, 0.3) is 5.91 Å². The molecule has 1 saturated heterocycles. The Hall–Kier alpha value is -2.73. The van der Waals surface area contributed by atoms with Crippen LogP contribution in [0.3, 0.4) is 0 Å². The van der Waals surface area contributed by atoms with E-state index in [4.69, 9.17) is 0 Å². The quantitative estimate of drug-likeness (QED) is 0.492. The molecule has 2 aromatic carbocycles. The van der Waals surface area contributed by atoms with Crippen LogP contribution in [0, 0.1) is 49.4 Å². The standard InChI is InChI=1S/C26H23BrN2O3/c1-12-13(2)21(10-9-20(12)27)28-24(30)14-3-5-15(6-4-14)29-25(31)22-16-7-8-17(19-11-18(16)19)23(22)26(29)32/h3-10,16-19,22-23H,11H2,1-2H3,(H,28,30)/t16-,17+,18-,19-,22+,23+/m1/s1. The summed E-state index contributed by atoms with van der Waals surface area (Å²) in [7, 11) is 0. The number of carbonyl (C=O) groups is 3. The molecular weight excluding hydrogens is 468 g/mol. The molecular formula is C26H23BrN2O3. The molecule has 0 radical (unpaired) electrons. The van der Waals surface area contributed by atoms with Gasteiger partial charge in [-0.15, -0.1) is 0 Å². The topological polar surface area (TPSA) is 66.5 Å². The van der Waals surface area contributed by atoms with Crippen molar-refractivity contribution < 1.29 is 14.4 Å². The average molecular weight is 491 g/mol. The molecule has 0 spiro atoms. The molecule has 7 rings (SSSR count). The van der Waals surface area contributed by atoms with Gasteiger partial charge in [0, 0.05) is 15.7 Å². The third kappa shape index (κ3) is 2.71. The highest BCUT2D eigenvalue weighted by Crippen LogP contribution is 2.65. The molecule has 6 heteroatoms. The van der Waals surface area contributed by atoms with E-state index in [0.29, 0.717) is 23.1 Å². The lowest BCUT2D eigenvalue weighted by molar-refractivity contribution is -0.124. The number of halogens is 1. The monoisotopic (exact) mass is 490 g/mol. The molecule has 5 nitrogen and oxygen atoms in total. The van der Waals surface area contributed by atoms with Gasteiger partial charge in [0.05, 0.1) is 17.5 Å². The van der Waals surface area contributed by atoms with Gasteiger partial charge in [-0.05, 0) is 91.5 Å². The molecule has 1 heterocycles. The minimum atomic E-state index is -0.226.